The Morgan fingerprint density at radius 2 is 2.06 bits per heavy atom. The predicted molar refractivity (Wildman–Crippen MR) is 61.1 cm³/mol. The number of urea groups is 1. The fourth-order valence-electron chi connectivity index (χ4n) is 1.92. The fourth-order valence-corrected chi connectivity index (χ4v) is 1.92. The molecule has 1 fully saturated rings. The fraction of sp³-hybridized carbons (Fsp3) is 0.417. The van der Waals surface area contributed by atoms with Gasteiger partial charge in [-0.1, -0.05) is 6.07 Å². The molecule has 1 aromatic rings. The molecule has 0 aromatic heterocycles. The number of rotatable bonds is 1. The Hall–Kier alpha value is -1.58. The zero-order valence-electron chi connectivity index (χ0n) is 9.53. The zero-order valence-corrected chi connectivity index (χ0v) is 9.53. The van der Waals surface area contributed by atoms with Crippen LogP contribution in [0.2, 0.25) is 0 Å². The molecule has 3 nitrogen and oxygen atoms in total. The lowest BCUT2D eigenvalue weighted by molar-refractivity contribution is 0.207. The van der Waals surface area contributed by atoms with Crippen molar-refractivity contribution >= 4 is 11.7 Å². The summed E-state index contributed by atoms with van der Waals surface area (Å²) in [6, 6.07) is 4.81. The highest BCUT2D eigenvalue weighted by Crippen LogP contribution is 2.23. The molecule has 1 saturated heterocycles. The number of benzene rings is 1. The Bertz CT molecular complexity index is 419. The van der Waals surface area contributed by atoms with Crippen molar-refractivity contribution in [1.82, 2.24) is 4.90 Å². The Balaban J connectivity index is 2.32. The van der Waals surface area contributed by atoms with E-state index in [2.05, 4.69) is 0 Å². The largest absolute Gasteiger partial charge is 0.327 e. The van der Waals surface area contributed by atoms with Gasteiger partial charge in [0.25, 0.3) is 0 Å². The zero-order chi connectivity index (χ0) is 11.7. The van der Waals surface area contributed by atoms with Crippen LogP contribution in [0.4, 0.5) is 14.9 Å². The molecular weight excluding hydrogens is 207 g/mol. The van der Waals surface area contributed by atoms with E-state index in [9.17, 15) is 9.18 Å². The number of aryl methyl sites for hydroxylation is 1. The average Bonchev–Trinajstić information content (AvgIpc) is 2.23. The van der Waals surface area contributed by atoms with Gasteiger partial charge in [0.05, 0.1) is 5.69 Å². The van der Waals surface area contributed by atoms with Gasteiger partial charge in [0.15, 0.2) is 0 Å². The molecule has 0 bridgehead atoms. The van der Waals surface area contributed by atoms with Crippen molar-refractivity contribution in [2.75, 3.05) is 25.0 Å². The van der Waals surface area contributed by atoms with Gasteiger partial charge in [0.2, 0.25) is 0 Å². The van der Waals surface area contributed by atoms with E-state index < -0.39 is 0 Å². The molecule has 0 atom stereocenters. The first-order chi connectivity index (χ1) is 7.59. The lowest BCUT2D eigenvalue weighted by atomic mass is 10.2. The van der Waals surface area contributed by atoms with Gasteiger partial charge in [0, 0.05) is 20.1 Å². The Morgan fingerprint density at radius 3 is 2.75 bits per heavy atom. The molecule has 1 aliphatic rings. The van der Waals surface area contributed by atoms with Crippen LogP contribution in [-0.4, -0.2) is 31.1 Å². The van der Waals surface area contributed by atoms with Crippen molar-refractivity contribution in [1.29, 1.82) is 0 Å². The van der Waals surface area contributed by atoms with Gasteiger partial charge in [-0.3, -0.25) is 4.90 Å². The number of hydrogen-bond donors (Lipinski definition) is 0. The van der Waals surface area contributed by atoms with E-state index in [0.29, 0.717) is 12.2 Å². The lowest BCUT2D eigenvalue weighted by Gasteiger charge is -2.33. The first-order valence-corrected chi connectivity index (χ1v) is 5.38. The van der Waals surface area contributed by atoms with Crippen molar-refractivity contribution in [2.24, 2.45) is 0 Å². The molecular formula is C12H15FN2O. The predicted octanol–water partition coefficient (Wildman–Crippen LogP) is 2.40. The first-order valence-electron chi connectivity index (χ1n) is 5.38. The smallest absolute Gasteiger partial charge is 0.324 e. The first kappa shape index (κ1) is 10.9. The summed E-state index contributed by atoms with van der Waals surface area (Å²) in [6.07, 6.45) is 0.871. The van der Waals surface area contributed by atoms with Gasteiger partial charge in [-0.05, 0) is 31.0 Å². The number of amides is 2. The monoisotopic (exact) mass is 222 g/mol. The second-order valence-corrected chi connectivity index (χ2v) is 4.16. The van der Waals surface area contributed by atoms with Crippen LogP contribution in [0, 0.1) is 12.7 Å². The van der Waals surface area contributed by atoms with Crippen molar-refractivity contribution < 1.29 is 9.18 Å². The molecule has 0 aliphatic carbocycles. The molecule has 16 heavy (non-hydrogen) atoms. The molecule has 1 heterocycles. The standard InChI is InChI=1S/C12H15FN2O/c1-9-4-5-11(10(13)8-9)15-7-3-6-14(2)12(15)16/h4-5,8H,3,6-7H2,1-2H3. The minimum absolute atomic E-state index is 0.131. The van der Waals surface area contributed by atoms with Crippen LogP contribution < -0.4 is 4.90 Å². The average molecular weight is 222 g/mol. The minimum atomic E-state index is -0.330. The van der Waals surface area contributed by atoms with Gasteiger partial charge >= 0.3 is 6.03 Å². The number of anilines is 1. The molecule has 0 radical (unpaired) electrons. The third-order valence-corrected chi connectivity index (χ3v) is 2.83. The molecule has 1 aromatic carbocycles. The van der Waals surface area contributed by atoms with Crippen LogP contribution in [0.25, 0.3) is 0 Å². The van der Waals surface area contributed by atoms with Gasteiger partial charge in [-0.15, -0.1) is 0 Å². The molecule has 2 amide bonds. The highest BCUT2D eigenvalue weighted by molar-refractivity contribution is 5.92. The highest BCUT2D eigenvalue weighted by Gasteiger charge is 2.25. The minimum Gasteiger partial charge on any atom is -0.327 e. The van der Waals surface area contributed by atoms with Crippen LogP contribution in [0.1, 0.15) is 12.0 Å². The molecule has 0 spiro atoms. The van der Waals surface area contributed by atoms with Gasteiger partial charge in [-0.2, -0.15) is 0 Å². The summed E-state index contributed by atoms with van der Waals surface area (Å²) in [7, 11) is 1.74. The van der Waals surface area contributed by atoms with Gasteiger partial charge in [0.1, 0.15) is 5.82 Å². The molecule has 86 valence electrons. The van der Waals surface area contributed by atoms with E-state index in [4.69, 9.17) is 0 Å². The highest BCUT2D eigenvalue weighted by atomic mass is 19.1. The SMILES string of the molecule is Cc1ccc(N2CCCN(C)C2=O)c(F)c1. The molecule has 0 unspecified atom stereocenters. The van der Waals surface area contributed by atoms with E-state index in [1.165, 1.54) is 11.0 Å². The Labute approximate surface area is 94.5 Å². The van der Waals surface area contributed by atoms with Gasteiger partial charge < -0.3 is 4.90 Å². The summed E-state index contributed by atoms with van der Waals surface area (Å²) in [4.78, 5) is 15.0. The number of carbonyl (C=O) groups is 1. The van der Waals surface area contributed by atoms with E-state index in [1.807, 2.05) is 13.0 Å². The molecule has 0 N–H and O–H groups in total. The maximum absolute atomic E-state index is 13.7. The molecule has 0 saturated carbocycles. The van der Waals surface area contributed by atoms with Gasteiger partial charge in [-0.25, -0.2) is 9.18 Å². The summed E-state index contributed by atoms with van der Waals surface area (Å²) < 4.78 is 13.7. The van der Waals surface area contributed by atoms with Crippen molar-refractivity contribution in [3.05, 3.63) is 29.6 Å². The summed E-state index contributed by atoms with van der Waals surface area (Å²) in [5, 5.41) is 0. The second kappa shape index (κ2) is 4.12. The van der Waals surface area contributed by atoms with E-state index >= 15 is 0 Å². The quantitative estimate of drug-likeness (QED) is 0.715. The number of nitrogens with zero attached hydrogens (tertiary/aromatic N) is 2. The summed E-state index contributed by atoms with van der Waals surface area (Å²) in [5.41, 5.74) is 1.24. The molecule has 1 aliphatic heterocycles. The van der Waals surface area contributed by atoms with Crippen LogP contribution in [0.15, 0.2) is 18.2 Å². The number of carbonyl (C=O) groups excluding carboxylic acids is 1. The van der Waals surface area contributed by atoms with E-state index in [1.54, 1.807) is 18.0 Å². The topological polar surface area (TPSA) is 23.6 Å². The number of halogens is 1. The Kier molecular flexibility index (Phi) is 2.81. The summed E-state index contributed by atoms with van der Waals surface area (Å²) in [5.74, 6) is -0.330. The van der Waals surface area contributed by atoms with Crippen LogP contribution in [-0.2, 0) is 0 Å². The third kappa shape index (κ3) is 1.87. The number of hydrogen-bond acceptors (Lipinski definition) is 1. The Morgan fingerprint density at radius 1 is 1.31 bits per heavy atom. The van der Waals surface area contributed by atoms with Crippen molar-refractivity contribution in [3.8, 4) is 0 Å². The second-order valence-electron chi connectivity index (χ2n) is 4.16. The lowest BCUT2D eigenvalue weighted by Crippen LogP contribution is -2.47. The summed E-state index contributed by atoms with van der Waals surface area (Å²) >= 11 is 0. The third-order valence-electron chi connectivity index (χ3n) is 2.83. The van der Waals surface area contributed by atoms with Crippen LogP contribution >= 0.6 is 0 Å². The van der Waals surface area contributed by atoms with E-state index in [-0.39, 0.29) is 11.8 Å². The van der Waals surface area contributed by atoms with Crippen molar-refractivity contribution in [2.45, 2.75) is 13.3 Å². The normalized spacial score (nSPS) is 16.8. The maximum Gasteiger partial charge on any atom is 0.324 e. The van der Waals surface area contributed by atoms with Crippen LogP contribution in [0.3, 0.4) is 0 Å². The van der Waals surface area contributed by atoms with Crippen LogP contribution in [0.5, 0.6) is 0 Å². The molecule has 4 heteroatoms. The van der Waals surface area contributed by atoms with Crippen molar-refractivity contribution in [3.63, 3.8) is 0 Å². The molecule has 2 rings (SSSR count). The maximum atomic E-state index is 13.7. The summed E-state index contributed by atoms with van der Waals surface area (Å²) in [6.45, 7) is 3.16. The van der Waals surface area contributed by atoms with E-state index in [0.717, 1.165) is 18.5 Å².